The van der Waals surface area contributed by atoms with Crippen LogP contribution >= 0.6 is 12.4 Å². The van der Waals surface area contributed by atoms with Crippen LogP contribution < -0.4 is 11.1 Å². The SMILES string of the molecule is Cc1cc(C)nc(NC(N)=NCCc2c[nH]c3ccccc23)n1.Cl. The Kier molecular flexibility index (Phi) is 5.76. The van der Waals surface area contributed by atoms with E-state index in [4.69, 9.17) is 5.73 Å². The molecule has 0 aliphatic rings. The predicted molar refractivity (Wildman–Crippen MR) is 101 cm³/mol. The van der Waals surface area contributed by atoms with E-state index in [1.54, 1.807) is 0 Å². The van der Waals surface area contributed by atoms with Crippen molar-refractivity contribution in [1.82, 2.24) is 15.0 Å². The van der Waals surface area contributed by atoms with Crippen LogP contribution in [0.2, 0.25) is 0 Å². The Morgan fingerprint density at radius 3 is 2.67 bits per heavy atom. The van der Waals surface area contributed by atoms with Crippen molar-refractivity contribution in [3.8, 4) is 0 Å². The van der Waals surface area contributed by atoms with Gasteiger partial charge in [0.25, 0.3) is 0 Å². The third-order valence-corrected chi connectivity index (χ3v) is 3.56. The molecule has 126 valence electrons. The summed E-state index contributed by atoms with van der Waals surface area (Å²) in [7, 11) is 0. The maximum Gasteiger partial charge on any atom is 0.229 e. The van der Waals surface area contributed by atoms with Crippen molar-refractivity contribution in [3.05, 3.63) is 53.5 Å². The molecule has 2 aromatic heterocycles. The van der Waals surface area contributed by atoms with E-state index < -0.39 is 0 Å². The van der Waals surface area contributed by atoms with Crippen molar-refractivity contribution in [2.24, 2.45) is 10.7 Å². The molecule has 1 aromatic carbocycles. The molecule has 0 atom stereocenters. The Labute approximate surface area is 147 Å². The van der Waals surface area contributed by atoms with Crippen molar-refractivity contribution < 1.29 is 0 Å². The van der Waals surface area contributed by atoms with Gasteiger partial charge in [-0.2, -0.15) is 0 Å². The average Bonchev–Trinajstić information content (AvgIpc) is 2.90. The predicted octanol–water partition coefficient (Wildman–Crippen LogP) is 2.97. The number of aliphatic imine (C=N–C) groups is 1. The molecule has 24 heavy (non-hydrogen) atoms. The number of guanidine groups is 1. The molecule has 3 rings (SSSR count). The standard InChI is InChI=1S/C17H20N6.ClH/c1-11-9-12(2)22-17(21-11)23-16(18)19-8-7-13-10-20-15-6-4-3-5-14(13)15;/h3-6,9-10,20H,7-8H2,1-2H3,(H3,18,19,21,22,23);1H. The van der Waals surface area contributed by atoms with Gasteiger partial charge in [0.1, 0.15) is 0 Å². The number of aromatic nitrogens is 3. The topological polar surface area (TPSA) is 92.0 Å². The quantitative estimate of drug-likeness (QED) is 0.501. The van der Waals surface area contributed by atoms with Gasteiger partial charge in [0.15, 0.2) is 5.96 Å². The Balaban J connectivity index is 0.00000208. The summed E-state index contributed by atoms with van der Waals surface area (Å²) in [6.45, 7) is 4.44. The number of para-hydroxylation sites is 1. The lowest BCUT2D eigenvalue weighted by Gasteiger charge is -2.05. The minimum atomic E-state index is 0. The first kappa shape index (κ1) is 17.7. The third-order valence-electron chi connectivity index (χ3n) is 3.56. The number of hydrogen-bond donors (Lipinski definition) is 3. The smallest absolute Gasteiger partial charge is 0.229 e. The average molecular weight is 345 g/mol. The molecule has 0 saturated carbocycles. The van der Waals surface area contributed by atoms with Gasteiger partial charge in [-0.05, 0) is 38.0 Å². The molecule has 0 saturated heterocycles. The molecule has 0 fully saturated rings. The van der Waals surface area contributed by atoms with E-state index in [0.717, 1.165) is 23.3 Å². The number of rotatable bonds is 4. The molecule has 0 amide bonds. The summed E-state index contributed by atoms with van der Waals surface area (Å²) in [5.41, 5.74) is 10.1. The second kappa shape index (κ2) is 7.79. The Bertz CT molecular complexity index is 835. The fourth-order valence-corrected chi connectivity index (χ4v) is 2.57. The van der Waals surface area contributed by atoms with Gasteiger partial charge in [0.05, 0.1) is 0 Å². The molecule has 0 unspecified atom stereocenters. The highest BCUT2D eigenvalue weighted by Crippen LogP contribution is 2.17. The van der Waals surface area contributed by atoms with E-state index in [1.807, 2.05) is 38.2 Å². The van der Waals surface area contributed by atoms with Gasteiger partial charge in [0.2, 0.25) is 5.95 Å². The molecule has 0 bridgehead atoms. The maximum atomic E-state index is 5.91. The van der Waals surface area contributed by atoms with Crippen molar-refractivity contribution in [3.63, 3.8) is 0 Å². The van der Waals surface area contributed by atoms with Crippen LogP contribution in [0.4, 0.5) is 5.95 Å². The Hall–Kier alpha value is -2.60. The van der Waals surface area contributed by atoms with Crippen LogP contribution in [-0.4, -0.2) is 27.5 Å². The number of halogens is 1. The molecule has 6 nitrogen and oxygen atoms in total. The number of anilines is 1. The van der Waals surface area contributed by atoms with Gasteiger partial charge in [-0.15, -0.1) is 12.4 Å². The van der Waals surface area contributed by atoms with Gasteiger partial charge in [-0.3, -0.25) is 10.3 Å². The number of H-pyrrole nitrogens is 1. The first-order valence-electron chi connectivity index (χ1n) is 7.56. The number of hydrogen-bond acceptors (Lipinski definition) is 3. The van der Waals surface area contributed by atoms with Crippen molar-refractivity contribution in [2.45, 2.75) is 20.3 Å². The minimum Gasteiger partial charge on any atom is -0.370 e. The maximum absolute atomic E-state index is 5.91. The molecule has 4 N–H and O–H groups in total. The summed E-state index contributed by atoms with van der Waals surface area (Å²) in [5, 5.41) is 4.17. The van der Waals surface area contributed by atoms with E-state index in [-0.39, 0.29) is 12.4 Å². The summed E-state index contributed by atoms with van der Waals surface area (Å²) < 4.78 is 0. The minimum absolute atomic E-state index is 0. The van der Waals surface area contributed by atoms with E-state index in [0.29, 0.717) is 18.5 Å². The van der Waals surface area contributed by atoms with E-state index >= 15 is 0 Å². The molecule has 0 aliphatic carbocycles. The lowest BCUT2D eigenvalue weighted by Crippen LogP contribution is -2.24. The molecular weight excluding hydrogens is 324 g/mol. The zero-order valence-electron chi connectivity index (χ0n) is 13.7. The van der Waals surface area contributed by atoms with Crippen molar-refractivity contribution in [2.75, 3.05) is 11.9 Å². The fraction of sp³-hybridized carbons (Fsp3) is 0.235. The van der Waals surface area contributed by atoms with Gasteiger partial charge in [0, 0.05) is 35.0 Å². The summed E-state index contributed by atoms with van der Waals surface area (Å²) in [4.78, 5) is 16.2. The summed E-state index contributed by atoms with van der Waals surface area (Å²) >= 11 is 0. The molecule has 2 heterocycles. The van der Waals surface area contributed by atoms with Crippen LogP contribution in [0.3, 0.4) is 0 Å². The molecule has 0 radical (unpaired) electrons. The zero-order chi connectivity index (χ0) is 16.2. The number of aromatic amines is 1. The highest BCUT2D eigenvalue weighted by molar-refractivity contribution is 5.90. The van der Waals surface area contributed by atoms with Gasteiger partial charge in [-0.25, -0.2) is 9.97 Å². The van der Waals surface area contributed by atoms with Crippen LogP contribution in [0, 0.1) is 13.8 Å². The molecule has 7 heteroatoms. The second-order valence-electron chi connectivity index (χ2n) is 5.48. The van der Waals surface area contributed by atoms with Gasteiger partial charge < -0.3 is 10.7 Å². The summed E-state index contributed by atoms with van der Waals surface area (Å²) in [6.07, 6.45) is 2.84. The van der Waals surface area contributed by atoms with E-state index in [1.165, 1.54) is 10.9 Å². The van der Waals surface area contributed by atoms with Crippen molar-refractivity contribution >= 4 is 35.2 Å². The van der Waals surface area contributed by atoms with Gasteiger partial charge in [-0.1, -0.05) is 18.2 Å². The number of benzene rings is 1. The molecule has 0 spiro atoms. The zero-order valence-corrected chi connectivity index (χ0v) is 14.5. The first-order chi connectivity index (χ1) is 11.1. The number of nitrogens with one attached hydrogen (secondary N) is 2. The Morgan fingerprint density at radius 1 is 1.21 bits per heavy atom. The number of nitrogens with two attached hydrogens (primary N) is 1. The second-order valence-corrected chi connectivity index (χ2v) is 5.48. The van der Waals surface area contributed by atoms with E-state index in [9.17, 15) is 0 Å². The fourth-order valence-electron chi connectivity index (χ4n) is 2.57. The van der Waals surface area contributed by atoms with Crippen LogP contribution in [0.5, 0.6) is 0 Å². The summed E-state index contributed by atoms with van der Waals surface area (Å²) in [5.74, 6) is 0.811. The number of nitrogens with zero attached hydrogens (tertiary/aromatic N) is 3. The van der Waals surface area contributed by atoms with Crippen LogP contribution in [0.1, 0.15) is 17.0 Å². The van der Waals surface area contributed by atoms with Gasteiger partial charge >= 0.3 is 0 Å². The normalized spacial score (nSPS) is 11.3. The van der Waals surface area contributed by atoms with E-state index in [2.05, 4.69) is 37.4 Å². The molecular formula is C17H21ClN6. The highest BCUT2D eigenvalue weighted by atomic mass is 35.5. The summed E-state index contributed by atoms with van der Waals surface area (Å²) in [6, 6.07) is 10.1. The van der Waals surface area contributed by atoms with Crippen LogP contribution in [-0.2, 0) is 6.42 Å². The largest absolute Gasteiger partial charge is 0.370 e. The lowest BCUT2D eigenvalue weighted by atomic mass is 10.1. The lowest BCUT2D eigenvalue weighted by molar-refractivity contribution is 0.969. The van der Waals surface area contributed by atoms with Crippen LogP contribution in [0.25, 0.3) is 10.9 Å². The third kappa shape index (κ3) is 4.23. The molecule has 3 aromatic rings. The highest BCUT2D eigenvalue weighted by Gasteiger charge is 2.03. The van der Waals surface area contributed by atoms with Crippen molar-refractivity contribution in [1.29, 1.82) is 0 Å². The molecule has 0 aliphatic heterocycles. The number of fused-ring (bicyclic) bond motifs is 1. The Morgan fingerprint density at radius 2 is 1.92 bits per heavy atom. The number of aryl methyl sites for hydroxylation is 2. The van der Waals surface area contributed by atoms with Crippen LogP contribution in [0.15, 0.2) is 41.5 Å². The first-order valence-corrected chi connectivity index (χ1v) is 7.56. The monoisotopic (exact) mass is 344 g/mol.